The number of benzene rings is 2. The zero-order valence-electron chi connectivity index (χ0n) is 19.1. The first-order valence-corrected chi connectivity index (χ1v) is 12.3. The number of nitrogens with zero attached hydrogens (tertiary/aromatic N) is 1. The fraction of sp³-hybridized carbons (Fsp3) is 0.429. The second-order valence-corrected chi connectivity index (χ2v) is 10.6. The molecule has 1 heterocycles. The van der Waals surface area contributed by atoms with Crippen LogP contribution in [-0.2, 0) is 16.0 Å². The quantitative estimate of drug-likeness (QED) is 0.554. The Hall–Kier alpha value is -3.28. The van der Waals surface area contributed by atoms with Crippen molar-refractivity contribution in [1.29, 1.82) is 0 Å². The van der Waals surface area contributed by atoms with Gasteiger partial charge in [0.05, 0.1) is 16.5 Å². The fourth-order valence-corrected chi connectivity index (χ4v) is 7.09. The molecule has 4 aliphatic carbocycles. The van der Waals surface area contributed by atoms with Gasteiger partial charge in [0.2, 0.25) is 0 Å². The van der Waals surface area contributed by atoms with Crippen molar-refractivity contribution in [1.82, 2.24) is 9.97 Å². The van der Waals surface area contributed by atoms with Gasteiger partial charge in [-0.15, -0.1) is 0 Å². The summed E-state index contributed by atoms with van der Waals surface area (Å²) in [6, 6.07) is 14.3. The molecule has 2 aromatic carbocycles. The van der Waals surface area contributed by atoms with Crippen LogP contribution in [0.25, 0.3) is 10.9 Å². The molecule has 0 aliphatic heterocycles. The summed E-state index contributed by atoms with van der Waals surface area (Å²) in [5.74, 6) is 2.08. The SMILES string of the molecule is O=C(OCC(=O)C12CC3CC(CC(C3)C1)C2)c1ccccc1Cc1nc2ccccc2c(=O)[nH]1. The van der Waals surface area contributed by atoms with Gasteiger partial charge >= 0.3 is 5.97 Å². The number of esters is 1. The van der Waals surface area contributed by atoms with E-state index in [-0.39, 0.29) is 29.8 Å². The molecular weight excluding hydrogens is 428 g/mol. The van der Waals surface area contributed by atoms with Crippen molar-refractivity contribution in [3.05, 3.63) is 75.8 Å². The van der Waals surface area contributed by atoms with Gasteiger partial charge in [-0.3, -0.25) is 9.59 Å². The van der Waals surface area contributed by atoms with Crippen molar-refractivity contribution in [2.45, 2.75) is 44.9 Å². The Morgan fingerprint density at radius 1 is 0.941 bits per heavy atom. The molecule has 4 saturated carbocycles. The van der Waals surface area contributed by atoms with Gasteiger partial charge in [-0.2, -0.15) is 0 Å². The Bertz CT molecular complexity index is 1310. The van der Waals surface area contributed by atoms with Crippen LogP contribution in [0.3, 0.4) is 0 Å². The molecule has 0 saturated heterocycles. The average molecular weight is 457 g/mol. The number of ketones is 1. The second-order valence-electron chi connectivity index (χ2n) is 10.6. The summed E-state index contributed by atoms with van der Waals surface area (Å²) in [4.78, 5) is 46.0. The van der Waals surface area contributed by atoms with E-state index in [2.05, 4.69) is 9.97 Å². The topological polar surface area (TPSA) is 89.1 Å². The molecule has 0 atom stereocenters. The van der Waals surface area contributed by atoms with Crippen LogP contribution in [0.1, 0.15) is 60.3 Å². The first kappa shape index (κ1) is 21.3. The molecule has 0 radical (unpaired) electrons. The van der Waals surface area contributed by atoms with Gasteiger partial charge in [-0.25, -0.2) is 9.78 Å². The molecule has 3 aromatic rings. The monoisotopic (exact) mass is 456 g/mol. The first-order valence-electron chi connectivity index (χ1n) is 12.3. The van der Waals surface area contributed by atoms with Gasteiger partial charge < -0.3 is 9.72 Å². The van der Waals surface area contributed by atoms with Crippen LogP contribution in [0.4, 0.5) is 0 Å². The van der Waals surface area contributed by atoms with Crippen LogP contribution in [0, 0.1) is 23.2 Å². The third-order valence-corrected chi connectivity index (χ3v) is 8.22. The number of aromatic nitrogens is 2. The number of carbonyl (C=O) groups is 2. The molecule has 174 valence electrons. The van der Waals surface area contributed by atoms with Gasteiger partial charge in [0.15, 0.2) is 12.4 Å². The molecule has 4 bridgehead atoms. The number of Topliss-reactive ketones (excluding diaryl/α,β-unsaturated/α-hetero) is 1. The van der Waals surface area contributed by atoms with E-state index in [4.69, 9.17) is 4.74 Å². The number of nitrogens with one attached hydrogen (secondary N) is 1. The summed E-state index contributed by atoms with van der Waals surface area (Å²) in [5.41, 5.74) is 1.23. The largest absolute Gasteiger partial charge is 0.454 e. The van der Waals surface area contributed by atoms with E-state index < -0.39 is 5.97 Å². The number of para-hydroxylation sites is 1. The molecule has 0 spiro atoms. The smallest absolute Gasteiger partial charge is 0.338 e. The normalized spacial score (nSPS) is 27.1. The van der Waals surface area contributed by atoms with Gasteiger partial charge in [-0.1, -0.05) is 30.3 Å². The van der Waals surface area contributed by atoms with Crippen LogP contribution < -0.4 is 5.56 Å². The van der Waals surface area contributed by atoms with E-state index in [0.29, 0.717) is 45.6 Å². The highest BCUT2D eigenvalue weighted by Gasteiger charge is 2.54. The summed E-state index contributed by atoms with van der Waals surface area (Å²) in [6.45, 7) is -0.162. The van der Waals surface area contributed by atoms with Gasteiger partial charge in [-0.05, 0) is 80.0 Å². The number of fused-ring (bicyclic) bond motifs is 1. The predicted octanol–water partition coefficient (Wildman–Crippen LogP) is 4.46. The van der Waals surface area contributed by atoms with Crippen molar-refractivity contribution in [2.75, 3.05) is 6.61 Å². The van der Waals surface area contributed by atoms with Crippen LogP contribution in [-0.4, -0.2) is 28.3 Å². The minimum atomic E-state index is -0.503. The Morgan fingerprint density at radius 3 is 2.32 bits per heavy atom. The number of carbonyl (C=O) groups excluding carboxylic acids is 2. The molecule has 34 heavy (non-hydrogen) atoms. The number of hydrogen-bond acceptors (Lipinski definition) is 5. The summed E-state index contributed by atoms with van der Waals surface area (Å²) in [7, 11) is 0. The number of hydrogen-bond donors (Lipinski definition) is 1. The highest BCUT2D eigenvalue weighted by molar-refractivity contribution is 5.94. The minimum Gasteiger partial charge on any atom is -0.454 e. The lowest BCUT2D eigenvalue weighted by Crippen LogP contribution is -2.51. The van der Waals surface area contributed by atoms with Gasteiger partial charge in [0, 0.05) is 11.8 Å². The molecule has 0 amide bonds. The highest BCUT2D eigenvalue weighted by atomic mass is 16.5. The van der Waals surface area contributed by atoms with E-state index >= 15 is 0 Å². The first-order chi connectivity index (χ1) is 16.5. The highest BCUT2D eigenvalue weighted by Crippen LogP contribution is 2.60. The molecule has 1 aromatic heterocycles. The van der Waals surface area contributed by atoms with Crippen LogP contribution in [0.5, 0.6) is 0 Å². The Balaban J connectivity index is 1.18. The summed E-state index contributed by atoms with van der Waals surface area (Å²) >= 11 is 0. The van der Waals surface area contributed by atoms with Gasteiger partial charge in [0.25, 0.3) is 5.56 Å². The Labute approximate surface area is 197 Å². The third-order valence-electron chi connectivity index (χ3n) is 8.22. The molecule has 6 nitrogen and oxygen atoms in total. The lowest BCUT2D eigenvalue weighted by Gasteiger charge is -2.55. The van der Waals surface area contributed by atoms with Crippen molar-refractivity contribution in [3.8, 4) is 0 Å². The van der Waals surface area contributed by atoms with Crippen molar-refractivity contribution >= 4 is 22.7 Å². The Morgan fingerprint density at radius 2 is 1.59 bits per heavy atom. The molecule has 0 unspecified atom stereocenters. The number of aromatic amines is 1. The molecule has 6 heteroatoms. The van der Waals surface area contributed by atoms with Crippen molar-refractivity contribution < 1.29 is 14.3 Å². The van der Waals surface area contributed by atoms with E-state index in [1.807, 2.05) is 18.2 Å². The maximum absolute atomic E-state index is 13.2. The van der Waals surface area contributed by atoms with E-state index in [9.17, 15) is 14.4 Å². The third kappa shape index (κ3) is 3.75. The zero-order valence-corrected chi connectivity index (χ0v) is 19.1. The minimum absolute atomic E-state index is 0.0953. The van der Waals surface area contributed by atoms with Crippen LogP contribution in [0.2, 0.25) is 0 Å². The van der Waals surface area contributed by atoms with E-state index in [1.165, 1.54) is 19.3 Å². The molecule has 7 rings (SSSR count). The van der Waals surface area contributed by atoms with Crippen LogP contribution >= 0.6 is 0 Å². The molecule has 1 N–H and O–H groups in total. The van der Waals surface area contributed by atoms with Gasteiger partial charge in [0.1, 0.15) is 5.82 Å². The van der Waals surface area contributed by atoms with Crippen molar-refractivity contribution in [3.63, 3.8) is 0 Å². The second kappa shape index (κ2) is 8.19. The lowest BCUT2D eigenvalue weighted by molar-refractivity contribution is -0.147. The number of rotatable bonds is 6. The summed E-state index contributed by atoms with van der Waals surface area (Å²) in [5, 5.41) is 0.530. The number of ether oxygens (including phenoxy) is 1. The maximum atomic E-state index is 13.2. The zero-order chi connectivity index (χ0) is 23.3. The van der Waals surface area contributed by atoms with E-state index in [1.54, 1.807) is 30.3 Å². The standard InChI is InChI=1S/C28H28N2O4/c31-24(28-13-17-9-18(14-28)11-19(10-17)15-28)16-34-27(33)21-6-2-1-5-20(21)12-25-29-23-8-4-3-7-22(23)26(32)30-25/h1-8,17-19H,9-16H2,(H,29,30,32). The predicted molar refractivity (Wildman–Crippen MR) is 128 cm³/mol. The fourth-order valence-electron chi connectivity index (χ4n) is 7.09. The summed E-state index contributed by atoms with van der Waals surface area (Å²) < 4.78 is 5.57. The lowest BCUT2D eigenvalue weighted by atomic mass is 9.48. The van der Waals surface area contributed by atoms with Crippen LogP contribution in [0.15, 0.2) is 53.3 Å². The summed E-state index contributed by atoms with van der Waals surface area (Å²) in [6.07, 6.45) is 6.99. The molecule has 4 aliphatic rings. The Kier molecular flexibility index (Phi) is 5.12. The van der Waals surface area contributed by atoms with E-state index in [0.717, 1.165) is 19.3 Å². The maximum Gasteiger partial charge on any atom is 0.338 e. The average Bonchev–Trinajstić information content (AvgIpc) is 2.82. The molecular formula is C28H28N2O4. The van der Waals surface area contributed by atoms with Crippen molar-refractivity contribution in [2.24, 2.45) is 23.2 Å². The number of H-pyrrole nitrogens is 1. The molecule has 4 fully saturated rings.